The van der Waals surface area contributed by atoms with Gasteiger partial charge in [-0.2, -0.15) is 0 Å². The van der Waals surface area contributed by atoms with Gasteiger partial charge in [-0.1, -0.05) is 20.8 Å². The molecule has 0 aliphatic carbocycles. The predicted octanol–water partition coefficient (Wildman–Crippen LogP) is 2.50. The summed E-state index contributed by atoms with van der Waals surface area (Å²) in [6.45, 7) is 14.1. The Bertz CT molecular complexity index is 223. The van der Waals surface area contributed by atoms with E-state index in [0.717, 1.165) is 26.2 Å². The van der Waals surface area contributed by atoms with Crippen LogP contribution >= 0.6 is 0 Å². The molecule has 3 nitrogen and oxygen atoms in total. The molecule has 1 aliphatic rings. The lowest BCUT2D eigenvalue weighted by Gasteiger charge is -2.36. The third kappa shape index (κ3) is 6.17. The second-order valence-corrected chi connectivity index (χ2v) is 6.85. The molecule has 0 spiro atoms. The van der Waals surface area contributed by atoms with Gasteiger partial charge in [0.05, 0.1) is 6.10 Å². The first-order valence-corrected chi connectivity index (χ1v) is 7.48. The van der Waals surface area contributed by atoms with Gasteiger partial charge in [0.25, 0.3) is 0 Å². The molecule has 2 unspecified atom stereocenters. The summed E-state index contributed by atoms with van der Waals surface area (Å²) < 4.78 is 5.76. The minimum Gasteiger partial charge on any atom is -0.377 e. The summed E-state index contributed by atoms with van der Waals surface area (Å²) in [4.78, 5) is 2.55. The number of likely N-dealkylation sites (tertiary alicyclic amines) is 1. The molecule has 1 heterocycles. The molecule has 1 saturated heterocycles. The van der Waals surface area contributed by atoms with Crippen LogP contribution in [0.2, 0.25) is 0 Å². The number of nitrogens with two attached hydrogens (primary N) is 1. The monoisotopic (exact) mass is 256 g/mol. The highest BCUT2D eigenvalue weighted by Gasteiger charge is 2.24. The van der Waals surface area contributed by atoms with E-state index in [2.05, 4.69) is 32.6 Å². The highest BCUT2D eigenvalue weighted by molar-refractivity contribution is 4.78. The number of piperidine rings is 1. The van der Waals surface area contributed by atoms with Crippen LogP contribution in [-0.2, 0) is 4.74 Å². The summed E-state index contributed by atoms with van der Waals surface area (Å²) in [6.07, 6.45) is 4.13. The Morgan fingerprint density at radius 3 is 2.67 bits per heavy atom. The van der Waals surface area contributed by atoms with E-state index in [0.29, 0.717) is 17.4 Å². The maximum absolute atomic E-state index is 5.93. The van der Waals surface area contributed by atoms with E-state index < -0.39 is 0 Å². The van der Waals surface area contributed by atoms with Crippen molar-refractivity contribution in [1.29, 1.82) is 0 Å². The Balaban J connectivity index is 2.39. The highest BCUT2D eigenvalue weighted by atomic mass is 16.5. The fourth-order valence-corrected chi connectivity index (χ4v) is 3.00. The van der Waals surface area contributed by atoms with Crippen molar-refractivity contribution in [2.45, 2.75) is 53.1 Å². The van der Waals surface area contributed by atoms with Crippen LogP contribution in [0.3, 0.4) is 0 Å². The number of ether oxygens (including phenoxy) is 1. The van der Waals surface area contributed by atoms with E-state index in [1.807, 2.05) is 0 Å². The zero-order chi connectivity index (χ0) is 13.6. The minimum atomic E-state index is 0.374. The van der Waals surface area contributed by atoms with Gasteiger partial charge in [0.15, 0.2) is 0 Å². The van der Waals surface area contributed by atoms with Crippen LogP contribution in [0, 0.1) is 11.3 Å². The third-order valence-corrected chi connectivity index (χ3v) is 3.62. The topological polar surface area (TPSA) is 38.5 Å². The van der Waals surface area contributed by atoms with Crippen molar-refractivity contribution in [3.63, 3.8) is 0 Å². The van der Waals surface area contributed by atoms with Gasteiger partial charge in [-0.05, 0) is 50.6 Å². The molecule has 0 aromatic carbocycles. The van der Waals surface area contributed by atoms with Crippen LogP contribution in [0.5, 0.6) is 0 Å². The summed E-state index contributed by atoms with van der Waals surface area (Å²) in [5.41, 5.74) is 6.31. The van der Waals surface area contributed by atoms with Crippen LogP contribution in [0.4, 0.5) is 0 Å². The van der Waals surface area contributed by atoms with Crippen molar-refractivity contribution < 1.29 is 4.74 Å². The molecule has 3 heteroatoms. The average Bonchev–Trinajstić information content (AvgIpc) is 2.27. The van der Waals surface area contributed by atoms with Crippen LogP contribution < -0.4 is 5.73 Å². The van der Waals surface area contributed by atoms with Gasteiger partial charge in [0, 0.05) is 19.7 Å². The maximum Gasteiger partial charge on any atom is 0.0702 e. The molecule has 0 aromatic rings. The van der Waals surface area contributed by atoms with Crippen LogP contribution in [0.15, 0.2) is 0 Å². The number of hydrogen-bond donors (Lipinski definition) is 1. The van der Waals surface area contributed by atoms with Crippen molar-refractivity contribution in [3.05, 3.63) is 0 Å². The van der Waals surface area contributed by atoms with Gasteiger partial charge < -0.3 is 15.4 Å². The standard InChI is InChI=1S/C15H32N2O/c1-5-18-14-7-6-8-17(12-14)11-13(10-16)9-15(2,3)4/h13-14H,5-12,16H2,1-4H3. The van der Waals surface area contributed by atoms with Crippen molar-refractivity contribution in [2.75, 3.05) is 32.8 Å². The quantitative estimate of drug-likeness (QED) is 0.793. The van der Waals surface area contributed by atoms with Crippen LogP contribution in [0.1, 0.15) is 47.0 Å². The van der Waals surface area contributed by atoms with Crippen LogP contribution in [-0.4, -0.2) is 43.8 Å². The van der Waals surface area contributed by atoms with E-state index in [-0.39, 0.29) is 0 Å². The number of hydrogen-bond acceptors (Lipinski definition) is 3. The van der Waals surface area contributed by atoms with Gasteiger partial charge in [-0.3, -0.25) is 0 Å². The maximum atomic E-state index is 5.93. The molecule has 0 amide bonds. The predicted molar refractivity (Wildman–Crippen MR) is 77.7 cm³/mol. The Morgan fingerprint density at radius 2 is 2.11 bits per heavy atom. The summed E-state index contributed by atoms with van der Waals surface area (Å²) >= 11 is 0. The number of nitrogens with zero attached hydrogens (tertiary/aromatic N) is 1. The summed E-state index contributed by atoms with van der Waals surface area (Å²) in [6, 6.07) is 0. The summed E-state index contributed by atoms with van der Waals surface area (Å²) in [7, 11) is 0. The van der Waals surface area contributed by atoms with Gasteiger partial charge in [0.2, 0.25) is 0 Å². The van der Waals surface area contributed by atoms with Gasteiger partial charge in [-0.25, -0.2) is 0 Å². The lowest BCUT2D eigenvalue weighted by Crippen LogP contribution is -2.43. The Labute approximate surface area is 113 Å². The van der Waals surface area contributed by atoms with E-state index >= 15 is 0 Å². The normalized spacial score (nSPS) is 24.2. The molecule has 1 fully saturated rings. The Kier molecular flexibility index (Phi) is 6.61. The largest absolute Gasteiger partial charge is 0.377 e. The van der Waals surface area contributed by atoms with E-state index in [4.69, 9.17) is 10.5 Å². The van der Waals surface area contributed by atoms with Crippen LogP contribution in [0.25, 0.3) is 0 Å². The zero-order valence-corrected chi connectivity index (χ0v) is 12.7. The third-order valence-electron chi connectivity index (χ3n) is 3.62. The lowest BCUT2D eigenvalue weighted by molar-refractivity contribution is 0.000628. The molecule has 0 bridgehead atoms. The molecule has 0 saturated carbocycles. The molecule has 2 N–H and O–H groups in total. The number of rotatable bonds is 6. The zero-order valence-electron chi connectivity index (χ0n) is 12.7. The van der Waals surface area contributed by atoms with E-state index in [1.165, 1.54) is 25.8 Å². The average molecular weight is 256 g/mol. The first-order chi connectivity index (χ1) is 8.44. The van der Waals surface area contributed by atoms with Gasteiger partial charge in [0.1, 0.15) is 0 Å². The van der Waals surface area contributed by atoms with Crippen molar-refractivity contribution >= 4 is 0 Å². The van der Waals surface area contributed by atoms with Crippen molar-refractivity contribution in [1.82, 2.24) is 4.90 Å². The molecule has 1 aliphatic heterocycles. The van der Waals surface area contributed by atoms with Crippen molar-refractivity contribution in [2.24, 2.45) is 17.1 Å². The molecule has 108 valence electrons. The second-order valence-electron chi connectivity index (χ2n) is 6.85. The first-order valence-electron chi connectivity index (χ1n) is 7.48. The summed E-state index contributed by atoms with van der Waals surface area (Å²) in [5, 5.41) is 0. The summed E-state index contributed by atoms with van der Waals surface area (Å²) in [5.74, 6) is 0.616. The first kappa shape index (κ1) is 15.9. The van der Waals surface area contributed by atoms with Crippen molar-refractivity contribution in [3.8, 4) is 0 Å². The second kappa shape index (κ2) is 7.46. The van der Waals surface area contributed by atoms with E-state index in [1.54, 1.807) is 0 Å². The van der Waals surface area contributed by atoms with Gasteiger partial charge >= 0.3 is 0 Å². The smallest absolute Gasteiger partial charge is 0.0702 e. The minimum absolute atomic E-state index is 0.374. The Morgan fingerprint density at radius 1 is 1.39 bits per heavy atom. The van der Waals surface area contributed by atoms with Gasteiger partial charge in [-0.15, -0.1) is 0 Å². The molecule has 0 aromatic heterocycles. The lowest BCUT2D eigenvalue weighted by atomic mass is 9.84. The molecule has 1 rings (SSSR count). The highest BCUT2D eigenvalue weighted by Crippen LogP contribution is 2.25. The Hall–Kier alpha value is -0.120. The fourth-order valence-electron chi connectivity index (χ4n) is 3.00. The molecule has 0 radical (unpaired) electrons. The molecule has 18 heavy (non-hydrogen) atoms. The molecular formula is C15H32N2O. The molecule has 2 atom stereocenters. The fraction of sp³-hybridized carbons (Fsp3) is 1.00. The SMILES string of the molecule is CCOC1CCCN(CC(CN)CC(C)(C)C)C1. The van der Waals surface area contributed by atoms with E-state index in [9.17, 15) is 0 Å². The molecular weight excluding hydrogens is 224 g/mol.